The van der Waals surface area contributed by atoms with Gasteiger partial charge in [-0.1, -0.05) is 29.8 Å². The number of allylic oxidation sites excluding steroid dienone is 1. The molecule has 0 radical (unpaired) electrons. The van der Waals surface area contributed by atoms with Crippen LogP contribution >= 0.6 is 11.3 Å². The summed E-state index contributed by atoms with van der Waals surface area (Å²) >= 11 is 1.79. The third-order valence-electron chi connectivity index (χ3n) is 3.87. The van der Waals surface area contributed by atoms with Gasteiger partial charge in [0.2, 0.25) is 0 Å². The van der Waals surface area contributed by atoms with E-state index in [0.29, 0.717) is 0 Å². The highest BCUT2D eigenvalue weighted by atomic mass is 32.1. The average Bonchev–Trinajstić information content (AvgIpc) is 2.92. The number of hydrogen-bond acceptors (Lipinski definition) is 2. The molecule has 0 fully saturated rings. The van der Waals surface area contributed by atoms with Crippen molar-refractivity contribution in [3.05, 3.63) is 45.8 Å². The van der Waals surface area contributed by atoms with Crippen LogP contribution in [0.5, 0.6) is 0 Å². The summed E-state index contributed by atoms with van der Waals surface area (Å²) < 4.78 is 19.1. The lowest BCUT2D eigenvalue weighted by molar-refractivity contribution is 0.971. The Morgan fingerprint density at radius 2 is 2.15 bits per heavy atom. The minimum atomic E-state index is -0.573. The molecule has 0 bridgehead atoms. The fourth-order valence-electron chi connectivity index (χ4n) is 2.86. The van der Waals surface area contributed by atoms with Crippen LogP contribution in [0.25, 0.3) is 21.7 Å². The Kier molecular flexibility index (Phi) is 2.38. The molecular formula is C18H17NS. The first kappa shape index (κ1) is 10.1. The second-order valence-corrected chi connectivity index (χ2v) is 6.34. The zero-order valence-corrected chi connectivity index (χ0v) is 12.2. The van der Waals surface area contributed by atoms with Gasteiger partial charge in [-0.15, -0.1) is 11.3 Å². The van der Waals surface area contributed by atoms with E-state index in [2.05, 4.69) is 35.3 Å². The molecule has 100 valence electrons. The predicted molar refractivity (Wildman–Crippen MR) is 88.6 cm³/mol. The highest BCUT2D eigenvalue weighted by Crippen LogP contribution is 2.23. The lowest BCUT2D eigenvalue weighted by Crippen LogP contribution is -2.28. The smallest absolute Gasteiger partial charge is 0.0453 e. The normalized spacial score (nSPS) is 27.1. The molecule has 2 heteroatoms. The van der Waals surface area contributed by atoms with Crippen molar-refractivity contribution in [1.82, 2.24) is 0 Å². The van der Waals surface area contributed by atoms with E-state index < -0.39 is 12.8 Å². The second-order valence-electron chi connectivity index (χ2n) is 5.28. The van der Waals surface area contributed by atoms with Gasteiger partial charge in [0.1, 0.15) is 0 Å². The molecule has 0 saturated heterocycles. The molecule has 1 aromatic carbocycles. The van der Waals surface area contributed by atoms with Gasteiger partial charge in [-0.05, 0) is 54.8 Å². The Morgan fingerprint density at radius 3 is 3.10 bits per heavy atom. The number of aliphatic imine (C=N–C) groups is 1. The first-order valence-electron chi connectivity index (χ1n) is 8.12. The molecule has 1 aliphatic carbocycles. The highest BCUT2D eigenvalue weighted by Gasteiger charge is 2.16. The van der Waals surface area contributed by atoms with Crippen molar-refractivity contribution in [2.45, 2.75) is 32.6 Å². The maximum absolute atomic E-state index is 8.39. The molecule has 4 rings (SSSR count). The van der Waals surface area contributed by atoms with Crippen molar-refractivity contribution >= 4 is 38.8 Å². The van der Waals surface area contributed by atoms with Gasteiger partial charge >= 0.3 is 0 Å². The van der Waals surface area contributed by atoms with Crippen LogP contribution in [0.1, 0.15) is 35.3 Å². The van der Waals surface area contributed by atoms with Crippen molar-refractivity contribution in [2.75, 3.05) is 0 Å². The van der Waals surface area contributed by atoms with Crippen LogP contribution in [0.15, 0.2) is 41.0 Å². The maximum Gasteiger partial charge on any atom is 0.0453 e. The first-order valence-corrected chi connectivity index (χ1v) is 7.78. The summed E-state index contributed by atoms with van der Waals surface area (Å²) in [4.78, 5) is 4.54. The minimum absolute atomic E-state index is 0.497. The van der Waals surface area contributed by atoms with Gasteiger partial charge in [-0.2, -0.15) is 0 Å². The van der Waals surface area contributed by atoms with Gasteiger partial charge in [0, 0.05) is 23.9 Å². The summed E-state index contributed by atoms with van der Waals surface area (Å²) in [6.07, 6.45) is 4.92. The van der Waals surface area contributed by atoms with Gasteiger partial charge in [0.25, 0.3) is 0 Å². The number of benzene rings is 1. The van der Waals surface area contributed by atoms with Crippen LogP contribution in [-0.4, -0.2) is 5.71 Å². The minimum Gasteiger partial charge on any atom is -0.261 e. The van der Waals surface area contributed by atoms with Crippen LogP contribution in [-0.2, 0) is 0 Å². The molecule has 0 amide bonds. The molecule has 2 aliphatic rings. The predicted octanol–water partition coefficient (Wildman–Crippen LogP) is 3.76. The fourth-order valence-corrected chi connectivity index (χ4v) is 4.14. The number of rotatable bonds is 1. The number of fused-ring (bicyclic) bond motifs is 3. The average molecular weight is 281 g/mol. The Balaban J connectivity index is 2.02. The van der Waals surface area contributed by atoms with E-state index in [1.807, 2.05) is 6.92 Å². The molecule has 20 heavy (non-hydrogen) atoms. The zero-order chi connectivity index (χ0) is 15.3. The van der Waals surface area contributed by atoms with Crippen LogP contribution in [0.2, 0.25) is 0 Å². The van der Waals surface area contributed by atoms with Crippen LogP contribution < -0.4 is 9.75 Å². The molecule has 1 aliphatic heterocycles. The number of thiophene rings is 1. The standard InChI is InChI=1S/C18H17NS/c1-12-9-10-16(19-11-12)15-7-4-6-14-13-5-2-3-8-17(13)20-18(14)15/h2-3,5-6,8,11H,4,7,9-10H2,1H3/i9D,10D. The zero-order valence-electron chi connectivity index (χ0n) is 13.4. The summed E-state index contributed by atoms with van der Waals surface area (Å²) in [5.74, 6) is 0. The molecule has 0 N–H and O–H groups in total. The lowest BCUT2D eigenvalue weighted by Gasteiger charge is -2.15. The Hall–Kier alpha value is -1.67. The fraction of sp³-hybridized carbons (Fsp3) is 0.278. The Morgan fingerprint density at radius 1 is 1.25 bits per heavy atom. The molecule has 0 spiro atoms. The van der Waals surface area contributed by atoms with Gasteiger partial charge < -0.3 is 0 Å². The molecule has 1 aromatic heterocycles. The summed E-state index contributed by atoms with van der Waals surface area (Å²) in [5.41, 5.74) is 2.86. The molecule has 0 saturated carbocycles. The van der Waals surface area contributed by atoms with Crippen molar-refractivity contribution < 1.29 is 2.74 Å². The monoisotopic (exact) mass is 281 g/mol. The first-order chi connectivity index (χ1) is 10.7. The number of nitrogens with zero attached hydrogens (tertiary/aromatic N) is 1. The van der Waals surface area contributed by atoms with Crippen LogP contribution in [0.4, 0.5) is 0 Å². The SMILES string of the molecule is [2H]C1C(C)=CN=C(C2=c3sc4ccccc4c3=CCC2)C1[2H]. The van der Waals surface area contributed by atoms with Gasteiger partial charge in [-0.25, -0.2) is 0 Å². The Labute approximate surface area is 125 Å². The summed E-state index contributed by atoms with van der Waals surface area (Å²) in [5, 5.41) is 2.59. The number of hydrogen-bond donors (Lipinski definition) is 0. The maximum atomic E-state index is 8.39. The van der Waals surface area contributed by atoms with Crippen molar-refractivity contribution in [3.8, 4) is 0 Å². The van der Waals surface area contributed by atoms with E-state index in [9.17, 15) is 0 Å². The largest absolute Gasteiger partial charge is 0.261 e. The molecule has 2 heterocycles. The molecule has 2 aromatic rings. The van der Waals surface area contributed by atoms with E-state index in [-0.39, 0.29) is 0 Å². The summed E-state index contributed by atoms with van der Waals surface area (Å²) in [7, 11) is 0. The third-order valence-corrected chi connectivity index (χ3v) is 5.12. The molecule has 2 unspecified atom stereocenters. The van der Waals surface area contributed by atoms with E-state index >= 15 is 0 Å². The third kappa shape index (κ3) is 1.87. The van der Waals surface area contributed by atoms with Crippen molar-refractivity contribution in [3.63, 3.8) is 0 Å². The lowest BCUT2D eigenvalue weighted by atomic mass is 9.94. The van der Waals surface area contributed by atoms with Crippen LogP contribution in [0, 0.1) is 0 Å². The molecule has 2 atom stereocenters. The topological polar surface area (TPSA) is 12.4 Å². The van der Waals surface area contributed by atoms with E-state index in [0.717, 1.165) is 24.1 Å². The quantitative estimate of drug-likeness (QED) is 0.754. The second kappa shape index (κ2) is 4.71. The molecule has 1 nitrogen and oxygen atoms in total. The van der Waals surface area contributed by atoms with Crippen LogP contribution in [0.3, 0.4) is 0 Å². The molecular weight excluding hydrogens is 262 g/mol. The van der Waals surface area contributed by atoms with Crippen molar-refractivity contribution in [2.24, 2.45) is 4.99 Å². The van der Waals surface area contributed by atoms with Gasteiger partial charge in [0.05, 0.1) is 0 Å². The summed E-state index contributed by atoms with van der Waals surface area (Å²) in [6.45, 7) is 1.89. The van der Waals surface area contributed by atoms with Gasteiger partial charge in [0.15, 0.2) is 0 Å². The highest BCUT2D eigenvalue weighted by molar-refractivity contribution is 7.17. The van der Waals surface area contributed by atoms with E-state index in [1.165, 1.54) is 25.4 Å². The van der Waals surface area contributed by atoms with E-state index in [1.54, 1.807) is 17.5 Å². The van der Waals surface area contributed by atoms with Gasteiger partial charge in [-0.3, -0.25) is 4.99 Å². The van der Waals surface area contributed by atoms with E-state index in [4.69, 9.17) is 2.74 Å². The summed E-state index contributed by atoms with van der Waals surface area (Å²) in [6, 6.07) is 8.47. The van der Waals surface area contributed by atoms with Crippen molar-refractivity contribution in [1.29, 1.82) is 0 Å². The Bertz CT molecular complexity index is 936.